The lowest BCUT2D eigenvalue weighted by Gasteiger charge is -2.10. The lowest BCUT2D eigenvalue weighted by molar-refractivity contribution is -0.115. The molecule has 26 heavy (non-hydrogen) atoms. The molecule has 3 aromatic rings. The van der Waals surface area contributed by atoms with Crippen molar-refractivity contribution in [3.05, 3.63) is 53.2 Å². The third-order valence-corrected chi connectivity index (χ3v) is 6.41. The van der Waals surface area contributed by atoms with E-state index >= 15 is 0 Å². The highest BCUT2D eigenvalue weighted by Crippen LogP contribution is 2.26. The van der Waals surface area contributed by atoms with Crippen LogP contribution in [-0.4, -0.2) is 25.1 Å². The molecular formula is C18H18N2O4S2. The fourth-order valence-electron chi connectivity index (χ4n) is 2.41. The molecule has 2 aromatic heterocycles. The zero-order chi connectivity index (χ0) is 18.7. The molecule has 0 aliphatic carbocycles. The van der Waals surface area contributed by atoms with E-state index in [0.29, 0.717) is 16.5 Å². The number of furan rings is 1. The van der Waals surface area contributed by atoms with Crippen LogP contribution in [0.5, 0.6) is 0 Å². The van der Waals surface area contributed by atoms with E-state index in [0.717, 1.165) is 5.76 Å². The Kier molecular flexibility index (Phi) is 5.24. The first-order chi connectivity index (χ1) is 12.4. The van der Waals surface area contributed by atoms with Crippen molar-refractivity contribution in [1.82, 2.24) is 4.98 Å². The largest absolute Gasteiger partial charge is 0.459 e. The van der Waals surface area contributed by atoms with E-state index in [4.69, 9.17) is 4.42 Å². The Labute approximate surface area is 155 Å². The van der Waals surface area contributed by atoms with Crippen LogP contribution in [-0.2, 0) is 21.1 Å². The van der Waals surface area contributed by atoms with Gasteiger partial charge in [0.2, 0.25) is 5.91 Å². The summed E-state index contributed by atoms with van der Waals surface area (Å²) in [5, 5.41) is 5.17. The number of nitrogens with zero attached hydrogens (tertiary/aromatic N) is 1. The van der Waals surface area contributed by atoms with Crippen LogP contribution in [0.15, 0.2) is 51.1 Å². The average Bonchev–Trinajstić information content (AvgIpc) is 3.24. The number of para-hydroxylation sites is 1. The molecule has 0 atom stereocenters. The van der Waals surface area contributed by atoms with Crippen molar-refractivity contribution in [2.24, 2.45) is 0 Å². The standard InChI is InChI=1S/C18H18N2O4S2/c1-3-26(22,23)16-7-5-4-6-14(16)20-17(21)10-13-11-25-18(19-13)15-9-8-12(2)24-15/h4-9,11H,3,10H2,1-2H3,(H,20,21). The zero-order valence-electron chi connectivity index (χ0n) is 14.4. The number of sulfone groups is 1. The topological polar surface area (TPSA) is 89.3 Å². The van der Waals surface area contributed by atoms with Crippen LogP contribution in [0.2, 0.25) is 0 Å². The number of benzene rings is 1. The van der Waals surface area contributed by atoms with Gasteiger partial charge in [-0.1, -0.05) is 19.1 Å². The summed E-state index contributed by atoms with van der Waals surface area (Å²) in [6.45, 7) is 3.42. The van der Waals surface area contributed by atoms with Crippen LogP contribution in [0.4, 0.5) is 5.69 Å². The third-order valence-electron chi connectivity index (χ3n) is 3.72. The molecule has 0 aliphatic rings. The molecule has 0 aliphatic heterocycles. The van der Waals surface area contributed by atoms with Crippen molar-refractivity contribution >= 4 is 32.8 Å². The molecule has 0 saturated carbocycles. The van der Waals surface area contributed by atoms with E-state index in [1.54, 1.807) is 30.5 Å². The number of hydrogen-bond acceptors (Lipinski definition) is 6. The SMILES string of the molecule is CCS(=O)(=O)c1ccccc1NC(=O)Cc1csc(-c2ccc(C)o2)n1. The summed E-state index contributed by atoms with van der Waals surface area (Å²) >= 11 is 1.39. The molecule has 0 saturated heterocycles. The first-order valence-electron chi connectivity index (χ1n) is 8.02. The average molecular weight is 390 g/mol. The number of aromatic nitrogens is 1. The van der Waals surface area contributed by atoms with E-state index < -0.39 is 9.84 Å². The minimum atomic E-state index is -3.42. The first kappa shape index (κ1) is 18.3. The molecule has 1 aromatic carbocycles. The summed E-state index contributed by atoms with van der Waals surface area (Å²) in [5.41, 5.74) is 0.892. The number of nitrogens with one attached hydrogen (secondary N) is 1. The summed E-state index contributed by atoms with van der Waals surface area (Å²) in [6, 6.07) is 10.1. The van der Waals surface area contributed by atoms with Gasteiger partial charge >= 0.3 is 0 Å². The van der Waals surface area contributed by atoms with Gasteiger partial charge in [-0.15, -0.1) is 11.3 Å². The Balaban J connectivity index is 1.74. The smallest absolute Gasteiger partial charge is 0.230 e. The van der Waals surface area contributed by atoms with Gasteiger partial charge in [0.15, 0.2) is 20.6 Å². The molecular weight excluding hydrogens is 372 g/mol. The van der Waals surface area contributed by atoms with E-state index in [1.165, 1.54) is 17.4 Å². The Bertz CT molecular complexity index is 1030. The van der Waals surface area contributed by atoms with E-state index in [2.05, 4.69) is 10.3 Å². The normalized spacial score (nSPS) is 11.5. The van der Waals surface area contributed by atoms with Crippen molar-refractivity contribution < 1.29 is 17.6 Å². The van der Waals surface area contributed by atoms with Gasteiger partial charge in [-0.3, -0.25) is 4.79 Å². The Hall–Kier alpha value is -2.45. The van der Waals surface area contributed by atoms with Crippen LogP contribution >= 0.6 is 11.3 Å². The predicted octanol–water partition coefficient (Wildman–Crippen LogP) is 3.69. The highest BCUT2D eigenvalue weighted by Gasteiger charge is 2.18. The summed E-state index contributed by atoms with van der Waals surface area (Å²) in [7, 11) is -3.42. The number of rotatable bonds is 6. The van der Waals surface area contributed by atoms with Crippen LogP contribution in [0.3, 0.4) is 0 Å². The molecule has 2 heterocycles. The van der Waals surface area contributed by atoms with E-state index in [1.807, 2.05) is 19.1 Å². The first-order valence-corrected chi connectivity index (χ1v) is 10.5. The molecule has 3 rings (SSSR count). The molecule has 0 fully saturated rings. The Morgan fingerprint density at radius 1 is 1.23 bits per heavy atom. The number of thiazole rings is 1. The number of hydrogen-bond donors (Lipinski definition) is 1. The minimum Gasteiger partial charge on any atom is -0.459 e. The van der Waals surface area contributed by atoms with Gasteiger partial charge < -0.3 is 9.73 Å². The molecule has 0 unspecified atom stereocenters. The van der Waals surface area contributed by atoms with Crippen molar-refractivity contribution in [2.75, 3.05) is 11.1 Å². The lowest BCUT2D eigenvalue weighted by Crippen LogP contribution is -2.17. The molecule has 0 radical (unpaired) electrons. The molecule has 6 nitrogen and oxygen atoms in total. The Morgan fingerprint density at radius 3 is 2.69 bits per heavy atom. The summed E-state index contributed by atoms with van der Waals surface area (Å²) in [4.78, 5) is 16.9. The third kappa shape index (κ3) is 4.03. The fraction of sp³-hybridized carbons (Fsp3) is 0.222. The summed E-state index contributed by atoms with van der Waals surface area (Å²) < 4.78 is 29.8. The number of amides is 1. The number of aryl methyl sites for hydroxylation is 1. The van der Waals surface area contributed by atoms with Crippen LogP contribution in [0.1, 0.15) is 18.4 Å². The molecule has 8 heteroatoms. The highest BCUT2D eigenvalue weighted by molar-refractivity contribution is 7.91. The molecule has 0 spiro atoms. The van der Waals surface area contributed by atoms with Crippen molar-refractivity contribution in [3.8, 4) is 10.8 Å². The monoisotopic (exact) mass is 390 g/mol. The molecule has 1 N–H and O–H groups in total. The van der Waals surface area contributed by atoms with Crippen molar-refractivity contribution in [3.63, 3.8) is 0 Å². The lowest BCUT2D eigenvalue weighted by atomic mass is 10.3. The number of anilines is 1. The maximum Gasteiger partial charge on any atom is 0.230 e. The summed E-state index contributed by atoms with van der Waals surface area (Å²) in [5.74, 6) is 1.11. The maximum absolute atomic E-state index is 12.3. The molecule has 136 valence electrons. The van der Waals surface area contributed by atoms with Crippen LogP contribution in [0.25, 0.3) is 10.8 Å². The van der Waals surface area contributed by atoms with Gasteiger partial charge in [0.1, 0.15) is 5.76 Å². The quantitative estimate of drug-likeness (QED) is 0.693. The second-order valence-electron chi connectivity index (χ2n) is 5.68. The van der Waals surface area contributed by atoms with Crippen LogP contribution < -0.4 is 5.32 Å². The molecule has 1 amide bonds. The predicted molar refractivity (Wildman–Crippen MR) is 101 cm³/mol. The second kappa shape index (κ2) is 7.43. The van der Waals surface area contributed by atoms with Gasteiger partial charge in [-0.2, -0.15) is 0 Å². The number of carbonyl (C=O) groups is 1. The molecule has 0 bridgehead atoms. The van der Waals surface area contributed by atoms with Crippen molar-refractivity contribution in [2.45, 2.75) is 25.2 Å². The second-order valence-corrected chi connectivity index (χ2v) is 8.78. The minimum absolute atomic E-state index is 0.0299. The number of carbonyl (C=O) groups excluding carboxylic acids is 1. The Morgan fingerprint density at radius 2 is 2.00 bits per heavy atom. The van der Waals surface area contributed by atoms with E-state index in [9.17, 15) is 13.2 Å². The zero-order valence-corrected chi connectivity index (χ0v) is 16.0. The van der Waals surface area contributed by atoms with E-state index in [-0.39, 0.29) is 28.7 Å². The summed E-state index contributed by atoms with van der Waals surface area (Å²) in [6.07, 6.45) is 0.0523. The van der Waals surface area contributed by atoms with Gasteiger partial charge in [0.25, 0.3) is 0 Å². The maximum atomic E-state index is 12.3. The highest BCUT2D eigenvalue weighted by atomic mass is 32.2. The van der Waals surface area contributed by atoms with Gasteiger partial charge in [0, 0.05) is 5.38 Å². The van der Waals surface area contributed by atoms with Crippen LogP contribution in [0, 0.1) is 6.92 Å². The fourth-order valence-corrected chi connectivity index (χ4v) is 4.24. The van der Waals surface area contributed by atoms with Gasteiger partial charge in [-0.25, -0.2) is 13.4 Å². The van der Waals surface area contributed by atoms with Gasteiger partial charge in [-0.05, 0) is 31.2 Å². The van der Waals surface area contributed by atoms with Gasteiger partial charge in [0.05, 0.1) is 28.5 Å². The van der Waals surface area contributed by atoms with Crippen molar-refractivity contribution in [1.29, 1.82) is 0 Å².